The highest BCUT2D eigenvalue weighted by atomic mass is 16.5. The molecule has 3 heterocycles. The highest BCUT2D eigenvalue weighted by molar-refractivity contribution is 5.95. The Kier molecular flexibility index (Phi) is 5.77. The van der Waals surface area contributed by atoms with Gasteiger partial charge in [-0.15, -0.1) is 0 Å². The first kappa shape index (κ1) is 21.7. The van der Waals surface area contributed by atoms with Gasteiger partial charge in [-0.2, -0.15) is 5.10 Å². The summed E-state index contributed by atoms with van der Waals surface area (Å²) in [6.07, 6.45) is 0. The van der Waals surface area contributed by atoms with Crippen molar-refractivity contribution in [2.75, 3.05) is 45.3 Å². The summed E-state index contributed by atoms with van der Waals surface area (Å²) in [4.78, 5) is 34.8. The highest BCUT2D eigenvalue weighted by Gasteiger charge is 2.26. The molecule has 0 unspecified atom stereocenters. The molecular formula is C22H28N6O4. The molecule has 0 bridgehead atoms. The fourth-order valence-corrected chi connectivity index (χ4v) is 4.19. The number of benzene rings is 1. The maximum atomic E-state index is 13.1. The van der Waals surface area contributed by atoms with Crippen molar-refractivity contribution in [2.45, 2.75) is 20.4 Å². The smallest absolute Gasteiger partial charge is 0.281 e. The minimum atomic E-state index is -0.0977. The Morgan fingerprint density at radius 2 is 1.78 bits per heavy atom. The number of hydrogen-bond acceptors (Lipinski definition) is 7. The lowest BCUT2D eigenvalue weighted by atomic mass is 10.1. The second kappa shape index (κ2) is 8.52. The van der Waals surface area contributed by atoms with Gasteiger partial charge in [0.2, 0.25) is 5.95 Å². The molecular weight excluding hydrogens is 412 g/mol. The van der Waals surface area contributed by atoms with Gasteiger partial charge in [0, 0.05) is 45.3 Å². The van der Waals surface area contributed by atoms with Crippen molar-refractivity contribution in [1.29, 1.82) is 0 Å². The molecule has 10 heteroatoms. The summed E-state index contributed by atoms with van der Waals surface area (Å²) >= 11 is 0. The van der Waals surface area contributed by atoms with Crippen LogP contribution in [0.2, 0.25) is 0 Å². The summed E-state index contributed by atoms with van der Waals surface area (Å²) in [5.41, 5.74) is 2.31. The van der Waals surface area contributed by atoms with E-state index in [4.69, 9.17) is 14.5 Å². The second-order valence-corrected chi connectivity index (χ2v) is 7.72. The van der Waals surface area contributed by atoms with Crippen molar-refractivity contribution in [2.24, 2.45) is 7.05 Å². The van der Waals surface area contributed by atoms with E-state index in [1.165, 1.54) is 0 Å². The Morgan fingerprint density at radius 3 is 2.41 bits per heavy atom. The number of nitrogens with zero attached hydrogens (tertiary/aromatic N) is 6. The largest absolute Gasteiger partial charge is 0.493 e. The predicted molar refractivity (Wildman–Crippen MR) is 121 cm³/mol. The average Bonchev–Trinajstić information content (AvgIpc) is 3.11. The number of carbonyl (C=O) groups excluding carboxylic acids is 1. The molecule has 3 aromatic rings. The molecule has 4 rings (SSSR count). The van der Waals surface area contributed by atoms with Crippen LogP contribution >= 0.6 is 0 Å². The van der Waals surface area contributed by atoms with Gasteiger partial charge in [0.1, 0.15) is 5.52 Å². The van der Waals surface area contributed by atoms with Gasteiger partial charge in [0.05, 0.1) is 19.9 Å². The van der Waals surface area contributed by atoms with E-state index < -0.39 is 0 Å². The maximum Gasteiger partial charge on any atom is 0.281 e. The molecule has 0 atom stereocenters. The third-order valence-electron chi connectivity index (χ3n) is 5.89. The fourth-order valence-electron chi connectivity index (χ4n) is 4.19. The molecule has 1 amide bonds. The number of carbonyl (C=O) groups is 1. The van der Waals surface area contributed by atoms with Crippen molar-refractivity contribution in [1.82, 2.24) is 24.2 Å². The van der Waals surface area contributed by atoms with Crippen molar-refractivity contribution < 1.29 is 14.3 Å². The number of piperazine rings is 1. The van der Waals surface area contributed by atoms with Gasteiger partial charge in [-0.05, 0) is 32.0 Å². The molecule has 2 aromatic heterocycles. The number of fused-ring (bicyclic) bond motifs is 1. The Labute approximate surface area is 186 Å². The lowest BCUT2D eigenvalue weighted by molar-refractivity contribution is 0.0745. The quantitative estimate of drug-likeness (QED) is 0.592. The number of methoxy groups -OCH3 is 2. The summed E-state index contributed by atoms with van der Waals surface area (Å²) in [6, 6.07) is 5.17. The van der Waals surface area contributed by atoms with Crippen LogP contribution in [-0.4, -0.2) is 70.5 Å². The van der Waals surface area contributed by atoms with Crippen LogP contribution in [0.3, 0.4) is 0 Å². The van der Waals surface area contributed by atoms with E-state index in [0.717, 1.165) is 5.69 Å². The van der Waals surface area contributed by atoms with Crippen LogP contribution in [0.4, 0.5) is 5.95 Å². The number of aromatic nitrogens is 4. The van der Waals surface area contributed by atoms with E-state index in [1.54, 1.807) is 53.6 Å². The molecule has 0 aliphatic carbocycles. The van der Waals surface area contributed by atoms with Crippen LogP contribution in [0.5, 0.6) is 11.5 Å². The first-order chi connectivity index (χ1) is 15.4. The lowest BCUT2D eigenvalue weighted by Gasteiger charge is -2.36. The zero-order valence-electron chi connectivity index (χ0n) is 19.1. The summed E-state index contributed by atoms with van der Waals surface area (Å²) in [6.45, 7) is 6.50. The molecule has 0 radical (unpaired) electrons. The Balaban J connectivity index is 1.56. The minimum Gasteiger partial charge on any atom is -0.493 e. The van der Waals surface area contributed by atoms with Crippen LogP contribution in [0.25, 0.3) is 11.0 Å². The normalized spacial score (nSPS) is 14.2. The van der Waals surface area contributed by atoms with Gasteiger partial charge in [-0.1, -0.05) is 0 Å². The van der Waals surface area contributed by atoms with Crippen molar-refractivity contribution in [3.8, 4) is 11.5 Å². The van der Waals surface area contributed by atoms with Crippen LogP contribution in [0.1, 0.15) is 23.0 Å². The summed E-state index contributed by atoms with van der Waals surface area (Å²) in [7, 11) is 4.87. The molecule has 1 aromatic carbocycles. The summed E-state index contributed by atoms with van der Waals surface area (Å²) < 4.78 is 13.8. The molecule has 1 aliphatic heterocycles. The molecule has 0 spiro atoms. The van der Waals surface area contributed by atoms with Gasteiger partial charge in [-0.25, -0.2) is 4.98 Å². The van der Waals surface area contributed by atoms with E-state index in [0.29, 0.717) is 66.8 Å². The molecule has 1 aliphatic rings. The number of amides is 1. The molecule has 1 saturated heterocycles. The second-order valence-electron chi connectivity index (χ2n) is 7.72. The summed E-state index contributed by atoms with van der Waals surface area (Å²) in [5.74, 6) is 1.66. The lowest BCUT2D eigenvalue weighted by Crippen LogP contribution is -2.50. The summed E-state index contributed by atoms with van der Waals surface area (Å²) in [5, 5.41) is 4.36. The molecule has 10 nitrogen and oxygen atoms in total. The molecule has 1 fully saturated rings. The topological polar surface area (TPSA) is 94.7 Å². The maximum absolute atomic E-state index is 13.1. The average molecular weight is 441 g/mol. The molecule has 0 saturated carbocycles. The third-order valence-corrected chi connectivity index (χ3v) is 5.89. The highest BCUT2D eigenvalue weighted by Crippen LogP contribution is 2.28. The number of hydrogen-bond donors (Lipinski definition) is 0. The first-order valence-electron chi connectivity index (χ1n) is 10.6. The zero-order chi connectivity index (χ0) is 23.0. The standard InChI is InChI=1S/C22H28N6O4/c1-6-28-21(30)19-18(14(2)24-25(19)3)23-22(28)27-11-9-26(10-12-27)20(29)15-7-8-16(31-4)17(13-15)32-5/h7-8,13H,6,9-12H2,1-5H3. The van der Waals surface area contributed by atoms with Gasteiger partial charge in [-0.3, -0.25) is 18.8 Å². The van der Waals surface area contributed by atoms with Crippen LogP contribution in [0.15, 0.2) is 23.0 Å². The molecule has 170 valence electrons. The van der Waals surface area contributed by atoms with E-state index in [2.05, 4.69) is 10.00 Å². The van der Waals surface area contributed by atoms with Crippen LogP contribution < -0.4 is 19.9 Å². The minimum absolute atomic E-state index is 0.0648. The van der Waals surface area contributed by atoms with Crippen molar-refractivity contribution in [3.05, 3.63) is 39.8 Å². The number of ether oxygens (including phenoxy) is 2. The SMILES string of the molecule is CCn1c(N2CCN(C(=O)c3ccc(OC)c(OC)c3)CC2)nc2c(C)nn(C)c2c1=O. The Hall–Kier alpha value is -3.56. The molecule has 0 N–H and O–H groups in total. The van der Waals surface area contributed by atoms with Gasteiger partial charge < -0.3 is 19.3 Å². The fraction of sp³-hybridized carbons (Fsp3) is 0.455. The van der Waals surface area contributed by atoms with Gasteiger partial charge in [0.25, 0.3) is 11.5 Å². The molecule has 32 heavy (non-hydrogen) atoms. The van der Waals surface area contributed by atoms with E-state index in [1.807, 2.05) is 13.8 Å². The predicted octanol–water partition coefficient (Wildman–Crippen LogP) is 1.44. The number of anilines is 1. The Bertz CT molecular complexity index is 1220. The third kappa shape index (κ3) is 3.55. The number of aryl methyl sites for hydroxylation is 2. The monoisotopic (exact) mass is 440 g/mol. The van der Waals surface area contributed by atoms with Crippen molar-refractivity contribution >= 4 is 22.9 Å². The van der Waals surface area contributed by atoms with Crippen LogP contribution in [-0.2, 0) is 13.6 Å². The number of rotatable bonds is 5. The van der Waals surface area contributed by atoms with Crippen LogP contribution in [0, 0.1) is 6.92 Å². The first-order valence-corrected chi connectivity index (χ1v) is 10.6. The van der Waals surface area contributed by atoms with Crippen molar-refractivity contribution in [3.63, 3.8) is 0 Å². The van der Waals surface area contributed by atoms with Gasteiger partial charge >= 0.3 is 0 Å². The van der Waals surface area contributed by atoms with E-state index >= 15 is 0 Å². The Morgan fingerprint density at radius 1 is 1.09 bits per heavy atom. The van der Waals surface area contributed by atoms with Gasteiger partial charge in [0.15, 0.2) is 17.0 Å². The van der Waals surface area contributed by atoms with E-state index in [9.17, 15) is 9.59 Å². The van der Waals surface area contributed by atoms with E-state index in [-0.39, 0.29) is 11.5 Å². The zero-order valence-corrected chi connectivity index (χ0v) is 19.1.